The summed E-state index contributed by atoms with van der Waals surface area (Å²) in [6.07, 6.45) is 5.94. The van der Waals surface area contributed by atoms with Crippen molar-refractivity contribution in [2.24, 2.45) is 17.3 Å². The zero-order valence-corrected chi connectivity index (χ0v) is 15.6. The molecule has 24 heavy (non-hydrogen) atoms. The highest BCUT2D eigenvalue weighted by Crippen LogP contribution is 2.32. The van der Waals surface area contributed by atoms with Gasteiger partial charge in [0.2, 0.25) is 5.91 Å². The second-order valence-electron chi connectivity index (χ2n) is 8.60. The van der Waals surface area contributed by atoms with Crippen molar-refractivity contribution in [2.75, 3.05) is 32.7 Å². The fourth-order valence-corrected chi connectivity index (χ4v) is 4.09. The van der Waals surface area contributed by atoms with Crippen molar-refractivity contribution in [3.63, 3.8) is 0 Å². The predicted molar refractivity (Wildman–Crippen MR) is 94.8 cm³/mol. The Morgan fingerprint density at radius 1 is 1.04 bits per heavy atom. The number of nitrogens with zero attached hydrogens (tertiary/aromatic N) is 2. The molecule has 0 bridgehead atoms. The van der Waals surface area contributed by atoms with E-state index in [1.165, 1.54) is 32.4 Å². The average Bonchev–Trinajstić information content (AvgIpc) is 2.53. The Labute approximate surface area is 146 Å². The SMILES string of the molecule is CC(C)(C)C(=O)N1CCC(CC(=O)O)C(CCN2CCCCC2)C1. The van der Waals surface area contributed by atoms with Crippen molar-refractivity contribution in [3.8, 4) is 0 Å². The second-order valence-corrected chi connectivity index (χ2v) is 8.60. The fourth-order valence-electron chi connectivity index (χ4n) is 4.09. The van der Waals surface area contributed by atoms with E-state index in [0.717, 1.165) is 25.9 Å². The molecule has 2 aliphatic heterocycles. The lowest BCUT2D eigenvalue weighted by Gasteiger charge is -2.41. The van der Waals surface area contributed by atoms with E-state index >= 15 is 0 Å². The number of carbonyl (C=O) groups excluding carboxylic acids is 1. The standard InChI is InChI=1S/C19H34N2O3/c1-19(2,3)18(24)21-12-8-15(13-17(22)23)16(14-21)7-11-20-9-5-4-6-10-20/h15-16H,4-14H2,1-3H3,(H,22,23). The summed E-state index contributed by atoms with van der Waals surface area (Å²) in [6.45, 7) is 10.7. The Hall–Kier alpha value is -1.10. The number of carboxylic acids is 1. The van der Waals surface area contributed by atoms with Crippen LogP contribution in [-0.2, 0) is 9.59 Å². The second kappa shape index (κ2) is 8.32. The quantitative estimate of drug-likeness (QED) is 0.837. The van der Waals surface area contributed by atoms with Gasteiger partial charge in [-0.25, -0.2) is 0 Å². The molecule has 2 unspecified atom stereocenters. The molecule has 2 rings (SSSR count). The highest BCUT2D eigenvalue weighted by molar-refractivity contribution is 5.81. The van der Waals surface area contributed by atoms with Gasteiger partial charge in [-0.2, -0.15) is 0 Å². The summed E-state index contributed by atoms with van der Waals surface area (Å²) in [5, 5.41) is 9.21. The molecule has 138 valence electrons. The molecule has 0 aromatic rings. The Morgan fingerprint density at radius 3 is 2.29 bits per heavy atom. The largest absolute Gasteiger partial charge is 0.481 e. The summed E-state index contributed by atoms with van der Waals surface area (Å²) in [7, 11) is 0. The molecule has 2 heterocycles. The third-order valence-corrected chi connectivity index (χ3v) is 5.52. The first-order chi connectivity index (χ1) is 11.3. The van der Waals surface area contributed by atoms with E-state index in [1.807, 2.05) is 25.7 Å². The van der Waals surface area contributed by atoms with Gasteiger partial charge in [0.15, 0.2) is 0 Å². The first-order valence-electron chi connectivity index (χ1n) is 9.51. The van der Waals surface area contributed by atoms with E-state index in [2.05, 4.69) is 4.90 Å². The average molecular weight is 338 g/mol. The number of rotatable bonds is 5. The van der Waals surface area contributed by atoms with Gasteiger partial charge in [-0.3, -0.25) is 9.59 Å². The van der Waals surface area contributed by atoms with Gasteiger partial charge >= 0.3 is 5.97 Å². The summed E-state index contributed by atoms with van der Waals surface area (Å²) >= 11 is 0. The van der Waals surface area contributed by atoms with Gasteiger partial charge in [0.25, 0.3) is 0 Å². The topological polar surface area (TPSA) is 60.9 Å². The number of amides is 1. The van der Waals surface area contributed by atoms with Crippen molar-refractivity contribution in [1.29, 1.82) is 0 Å². The molecule has 0 aromatic heterocycles. The van der Waals surface area contributed by atoms with Crippen molar-refractivity contribution in [3.05, 3.63) is 0 Å². The smallest absolute Gasteiger partial charge is 0.303 e. The minimum Gasteiger partial charge on any atom is -0.481 e. The van der Waals surface area contributed by atoms with Crippen LogP contribution in [0.3, 0.4) is 0 Å². The van der Waals surface area contributed by atoms with Crippen molar-refractivity contribution < 1.29 is 14.7 Å². The van der Waals surface area contributed by atoms with E-state index in [1.54, 1.807) is 0 Å². The first kappa shape index (κ1) is 19.2. The lowest BCUT2D eigenvalue weighted by Crippen LogP contribution is -2.48. The molecule has 2 saturated heterocycles. The first-order valence-corrected chi connectivity index (χ1v) is 9.51. The number of piperidine rings is 2. The number of aliphatic carboxylic acids is 1. The minimum atomic E-state index is -0.710. The predicted octanol–water partition coefficient (Wildman–Crippen LogP) is 2.85. The van der Waals surface area contributed by atoms with Crippen LogP contribution in [0, 0.1) is 17.3 Å². The Balaban J connectivity index is 1.96. The van der Waals surface area contributed by atoms with Crippen LogP contribution in [0.25, 0.3) is 0 Å². The monoisotopic (exact) mass is 338 g/mol. The fraction of sp³-hybridized carbons (Fsp3) is 0.895. The maximum absolute atomic E-state index is 12.6. The lowest BCUT2D eigenvalue weighted by molar-refractivity contribution is -0.143. The van der Waals surface area contributed by atoms with Gasteiger partial charge in [0.1, 0.15) is 0 Å². The highest BCUT2D eigenvalue weighted by atomic mass is 16.4. The van der Waals surface area contributed by atoms with E-state index in [0.29, 0.717) is 12.5 Å². The van der Waals surface area contributed by atoms with E-state index in [9.17, 15) is 14.7 Å². The number of hydrogen-bond donors (Lipinski definition) is 1. The molecule has 5 heteroatoms. The van der Waals surface area contributed by atoms with Gasteiger partial charge in [0.05, 0.1) is 0 Å². The van der Waals surface area contributed by atoms with Crippen LogP contribution in [0.4, 0.5) is 0 Å². The molecule has 5 nitrogen and oxygen atoms in total. The highest BCUT2D eigenvalue weighted by Gasteiger charge is 2.36. The van der Waals surface area contributed by atoms with Crippen molar-refractivity contribution in [1.82, 2.24) is 9.80 Å². The van der Waals surface area contributed by atoms with Crippen LogP contribution in [-0.4, -0.2) is 59.5 Å². The van der Waals surface area contributed by atoms with E-state index in [-0.39, 0.29) is 23.7 Å². The van der Waals surface area contributed by atoms with Crippen molar-refractivity contribution in [2.45, 2.75) is 59.3 Å². The molecule has 2 atom stereocenters. The third kappa shape index (κ3) is 5.47. The van der Waals surface area contributed by atoms with Crippen LogP contribution in [0.2, 0.25) is 0 Å². The number of hydrogen-bond acceptors (Lipinski definition) is 3. The number of carbonyl (C=O) groups is 2. The Bertz CT molecular complexity index is 438. The summed E-state index contributed by atoms with van der Waals surface area (Å²) < 4.78 is 0. The molecular weight excluding hydrogens is 304 g/mol. The molecule has 1 amide bonds. The number of likely N-dealkylation sites (tertiary alicyclic amines) is 2. The maximum Gasteiger partial charge on any atom is 0.303 e. The van der Waals surface area contributed by atoms with Gasteiger partial charge in [0, 0.05) is 24.9 Å². The van der Waals surface area contributed by atoms with Crippen LogP contribution in [0.5, 0.6) is 0 Å². The zero-order chi connectivity index (χ0) is 17.7. The summed E-state index contributed by atoms with van der Waals surface area (Å²) in [4.78, 5) is 28.3. The van der Waals surface area contributed by atoms with Gasteiger partial charge in [-0.1, -0.05) is 27.2 Å². The van der Waals surface area contributed by atoms with Gasteiger partial charge < -0.3 is 14.9 Å². The molecule has 0 saturated carbocycles. The van der Waals surface area contributed by atoms with Crippen LogP contribution < -0.4 is 0 Å². The number of carboxylic acid groups (broad SMARTS) is 1. The normalized spacial score (nSPS) is 26.4. The molecular formula is C19H34N2O3. The Morgan fingerprint density at radius 2 is 1.71 bits per heavy atom. The van der Waals surface area contributed by atoms with Gasteiger partial charge in [-0.05, 0) is 57.2 Å². The van der Waals surface area contributed by atoms with Crippen molar-refractivity contribution >= 4 is 11.9 Å². The van der Waals surface area contributed by atoms with Gasteiger partial charge in [-0.15, -0.1) is 0 Å². The van der Waals surface area contributed by atoms with E-state index in [4.69, 9.17) is 0 Å². The Kier molecular flexibility index (Phi) is 6.67. The summed E-state index contributed by atoms with van der Waals surface area (Å²) in [5.74, 6) is -0.00259. The maximum atomic E-state index is 12.6. The summed E-state index contributed by atoms with van der Waals surface area (Å²) in [6, 6.07) is 0. The molecule has 0 spiro atoms. The van der Waals surface area contributed by atoms with Crippen LogP contribution in [0.1, 0.15) is 59.3 Å². The minimum absolute atomic E-state index is 0.194. The third-order valence-electron chi connectivity index (χ3n) is 5.52. The molecule has 0 aromatic carbocycles. The molecule has 1 N–H and O–H groups in total. The van der Waals surface area contributed by atoms with Crippen LogP contribution >= 0.6 is 0 Å². The molecule has 2 aliphatic rings. The van der Waals surface area contributed by atoms with E-state index < -0.39 is 5.97 Å². The zero-order valence-electron chi connectivity index (χ0n) is 15.6. The van der Waals surface area contributed by atoms with Crippen LogP contribution in [0.15, 0.2) is 0 Å². The molecule has 2 fully saturated rings. The summed E-state index contributed by atoms with van der Waals surface area (Å²) in [5.41, 5.74) is -0.364. The lowest BCUT2D eigenvalue weighted by atomic mass is 9.80. The molecule has 0 radical (unpaired) electrons. The molecule has 0 aliphatic carbocycles.